The summed E-state index contributed by atoms with van der Waals surface area (Å²) in [7, 11) is 0. The van der Waals surface area contributed by atoms with Crippen LogP contribution in [-0.4, -0.2) is 50.1 Å². The first-order chi connectivity index (χ1) is 9.24. The molecular formula is C15H29N3O. The molecule has 4 heteroatoms. The summed E-state index contributed by atoms with van der Waals surface area (Å²) in [6.45, 7) is 8.77. The fourth-order valence-corrected chi connectivity index (χ4v) is 3.16. The molecule has 2 saturated heterocycles. The molecule has 2 N–H and O–H groups in total. The fraction of sp³-hybridized carbons (Fsp3) is 0.933. The van der Waals surface area contributed by atoms with Gasteiger partial charge in [-0.2, -0.15) is 0 Å². The van der Waals surface area contributed by atoms with Crippen molar-refractivity contribution in [2.24, 2.45) is 11.8 Å². The van der Waals surface area contributed by atoms with Gasteiger partial charge in [0.2, 0.25) is 5.91 Å². The van der Waals surface area contributed by atoms with Crippen molar-refractivity contribution in [3.63, 3.8) is 0 Å². The average molecular weight is 267 g/mol. The summed E-state index contributed by atoms with van der Waals surface area (Å²) in [6.07, 6.45) is 5.92. The molecule has 0 aliphatic carbocycles. The molecule has 4 nitrogen and oxygen atoms in total. The standard InChI is InChI=1S/C15H29N3O/c1-13(12-18-7-3-2-4-8-18)10-17-15(19)9-14-5-6-16-11-14/h13-14,16H,2-12H2,1H3,(H,17,19). The number of nitrogens with one attached hydrogen (secondary N) is 2. The molecule has 1 amide bonds. The van der Waals surface area contributed by atoms with Gasteiger partial charge in [-0.25, -0.2) is 0 Å². The van der Waals surface area contributed by atoms with Gasteiger partial charge >= 0.3 is 0 Å². The molecule has 2 fully saturated rings. The van der Waals surface area contributed by atoms with Crippen LogP contribution in [0.4, 0.5) is 0 Å². The molecule has 0 radical (unpaired) electrons. The van der Waals surface area contributed by atoms with Gasteiger partial charge in [0.15, 0.2) is 0 Å². The zero-order valence-electron chi connectivity index (χ0n) is 12.3. The Morgan fingerprint density at radius 3 is 2.84 bits per heavy atom. The second-order valence-corrected chi connectivity index (χ2v) is 6.33. The Hall–Kier alpha value is -0.610. The summed E-state index contributed by atoms with van der Waals surface area (Å²) in [5, 5.41) is 6.42. The van der Waals surface area contributed by atoms with Crippen LogP contribution in [0.5, 0.6) is 0 Å². The van der Waals surface area contributed by atoms with Gasteiger partial charge in [0.1, 0.15) is 0 Å². The number of carbonyl (C=O) groups is 1. The van der Waals surface area contributed by atoms with Gasteiger partial charge in [-0.05, 0) is 57.3 Å². The molecule has 0 saturated carbocycles. The van der Waals surface area contributed by atoms with Crippen LogP contribution in [0, 0.1) is 11.8 Å². The van der Waals surface area contributed by atoms with Crippen molar-refractivity contribution in [1.82, 2.24) is 15.5 Å². The third-order valence-electron chi connectivity index (χ3n) is 4.30. The van der Waals surface area contributed by atoms with E-state index in [-0.39, 0.29) is 5.91 Å². The smallest absolute Gasteiger partial charge is 0.220 e. The Morgan fingerprint density at radius 2 is 2.16 bits per heavy atom. The molecule has 0 bridgehead atoms. The highest BCUT2D eigenvalue weighted by Gasteiger charge is 2.18. The predicted molar refractivity (Wildman–Crippen MR) is 78.1 cm³/mol. The van der Waals surface area contributed by atoms with Crippen LogP contribution in [0.1, 0.15) is 39.0 Å². The molecule has 2 aliphatic rings. The fourth-order valence-electron chi connectivity index (χ4n) is 3.16. The van der Waals surface area contributed by atoms with E-state index < -0.39 is 0 Å². The Morgan fingerprint density at radius 1 is 1.37 bits per heavy atom. The number of nitrogens with zero attached hydrogens (tertiary/aromatic N) is 1. The summed E-state index contributed by atoms with van der Waals surface area (Å²) in [5.41, 5.74) is 0. The molecule has 0 aromatic heterocycles. The van der Waals surface area contributed by atoms with Crippen molar-refractivity contribution in [3.05, 3.63) is 0 Å². The highest BCUT2D eigenvalue weighted by molar-refractivity contribution is 5.76. The molecule has 2 heterocycles. The molecule has 0 aromatic carbocycles. The first kappa shape index (κ1) is 14.8. The third-order valence-corrected chi connectivity index (χ3v) is 4.30. The first-order valence-electron chi connectivity index (χ1n) is 7.94. The van der Waals surface area contributed by atoms with Gasteiger partial charge in [-0.1, -0.05) is 13.3 Å². The topological polar surface area (TPSA) is 44.4 Å². The van der Waals surface area contributed by atoms with E-state index in [9.17, 15) is 4.79 Å². The Balaban J connectivity index is 1.56. The van der Waals surface area contributed by atoms with Crippen LogP contribution in [0.3, 0.4) is 0 Å². The van der Waals surface area contributed by atoms with Gasteiger partial charge in [-0.3, -0.25) is 4.79 Å². The molecule has 0 aromatic rings. The van der Waals surface area contributed by atoms with Crippen LogP contribution < -0.4 is 10.6 Å². The zero-order valence-corrected chi connectivity index (χ0v) is 12.3. The predicted octanol–water partition coefficient (Wildman–Crippen LogP) is 1.22. The lowest BCUT2D eigenvalue weighted by molar-refractivity contribution is -0.122. The third kappa shape index (κ3) is 5.49. The summed E-state index contributed by atoms with van der Waals surface area (Å²) in [4.78, 5) is 14.4. The number of piperidine rings is 1. The maximum absolute atomic E-state index is 11.8. The van der Waals surface area contributed by atoms with Gasteiger partial charge in [0, 0.05) is 19.5 Å². The molecule has 110 valence electrons. The van der Waals surface area contributed by atoms with E-state index in [0.717, 1.165) is 32.6 Å². The number of rotatable bonds is 6. The molecule has 2 atom stereocenters. The molecular weight excluding hydrogens is 238 g/mol. The molecule has 0 spiro atoms. The van der Waals surface area contributed by atoms with Crippen LogP contribution in [0.15, 0.2) is 0 Å². The van der Waals surface area contributed by atoms with Crippen molar-refractivity contribution in [2.45, 2.75) is 39.0 Å². The van der Waals surface area contributed by atoms with Crippen molar-refractivity contribution in [1.29, 1.82) is 0 Å². The van der Waals surface area contributed by atoms with E-state index in [0.29, 0.717) is 18.3 Å². The van der Waals surface area contributed by atoms with E-state index >= 15 is 0 Å². The molecule has 19 heavy (non-hydrogen) atoms. The Bertz CT molecular complexity index is 271. The maximum atomic E-state index is 11.8. The average Bonchev–Trinajstić information content (AvgIpc) is 2.90. The highest BCUT2D eigenvalue weighted by atomic mass is 16.1. The van der Waals surface area contributed by atoms with Gasteiger partial charge in [-0.15, -0.1) is 0 Å². The van der Waals surface area contributed by atoms with Crippen molar-refractivity contribution < 1.29 is 4.79 Å². The minimum absolute atomic E-state index is 0.235. The van der Waals surface area contributed by atoms with E-state index in [1.54, 1.807) is 0 Å². The second-order valence-electron chi connectivity index (χ2n) is 6.33. The first-order valence-corrected chi connectivity index (χ1v) is 7.94. The van der Waals surface area contributed by atoms with E-state index in [2.05, 4.69) is 22.5 Å². The lowest BCUT2D eigenvalue weighted by atomic mass is 10.0. The monoisotopic (exact) mass is 267 g/mol. The van der Waals surface area contributed by atoms with Gasteiger partial charge in [0.25, 0.3) is 0 Å². The molecule has 2 rings (SSSR count). The highest BCUT2D eigenvalue weighted by Crippen LogP contribution is 2.12. The number of carbonyl (C=O) groups excluding carboxylic acids is 1. The van der Waals surface area contributed by atoms with E-state index in [1.807, 2.05) is 0 Å². The zero-order chi connectivity index (χ0) is 13.5. The number of hydrogen-bond donors (Lipinski definition) is 2. The number of amides is 1. The Kier molecular flexibility index (Phi) is 6.11. The minimum atomic E-state index is 0.235. The van der Waals surface area contributed by atoms with Crippen LogP contribution in [0.25, 0.3) is 0 Å². The molecule has 2 unspecified atom stereocenters. The number of likely N-dealkylation sites (tertiary alicyclic amines) is 1. The quantitative estimate of drug-likeness (QED) is 0.761. The summed E-state index contributed by atoms with van der Waals surface area (Å²) < 4.78 is 0. The van der Waals surface area contributed by atoms with E-state index in [1.165, 1.54) is 32.4 Å². The molecule has 2 aliphatic heterocycles. The van der Waals surface area contributed by atoms with Gasteiger partial charge in [0.05, 0.1) is 0 Å². The number of hydrogen-bond acceptors (Lipinski definition) is 3. The SMILES string of the molecule is CC(CNC(=O)CC1CCNC1)CN1CCCCC1. The lowest BCUT2D eigenvalue weighted by Gasteiger charge is -2.29. The van der Waals surface area contributed by atoms with Crippen molar-refractivity contribution in [3.8, 4) is 0 Å². The second kappa shape index (κ2) is 7.85. The van der Waals surface area contributed by atoms with Crippen LogP contribution >= 0.6 is 0 Å². The maximum Gasteiger partial charge on any atom is 0.220 e. The summed E-state index contributed by atoms with van der Waals surface area (Å²) in [5.74, 6) is 1.35. The summed E-state index contributed by atoms with van der Waals surface area (Å²) >= 11 is 0. The normalized spacial score (nSPS) is 26.3. The largest absolute Gasteiger partial charge is 0.356 e. The van der Waals surface area contributed by atoms with E-state index in [4.69, 9.17) is 0 Å². The minimum Gasteiger partial charge on any atom is -0.356 e. The van der Waals surface area contributed by atoms with Gasteiger partial charge < -0.3 is 15.5 Å². The van der Waals surface area contributed by atoms with Crippen molar-refractivity contribution in [2.75, 3.05) is 39.3 Å². The summed E-state index contributed by atoms with van der Waals surface area (Å²) in [6, 6.07) is 0. The Labute approximate surface area is 117 Å². The van der Waals surface area contributed by atoms with Crippen LogP contribution in [-0.2, 0) is 4.79 Å². The van der Waals surface area contributed by atoms with Crippen molar-refractivity contribution >= 4 is 5.91 Å². The lowest BCUT2D eigenvalue weighted by Crippen LogP contribution is -2.38. The van der Waals surface area contributed by atoms with Crippen LogP contribution in [0.2, 0.25) is 0 Å².